The molecule has 3 aromatic carbocycles. The van der Waals surface area contributed by atoms with Crippen molar-refractivity contribution in [2.75, 3.05) is 16.8 Å². The predicted octanol–water partition coefficient (Wildman–Crippen LogP) is 5.71. The first kappa shape index (κ1) is 26.0. The number of carbonyl (C=O) groups is 3. The van der Waals surface area contributed by atoms with Crippen molar-refractivity contribution in [2.24, 2.45) is 0 Å². The Morgan fingerprint density at radius 1 is 1.06 bits per heavy atom. The number of rotatable bonds is 6. The van der Waals surface area contributed by atoms with E-state index in [4.69, 9.17) is 28.6 Å². The minimum Gasteiger partial charge on any atom is -0.481 e. The lowest BCUT2D eigenvalue weighted by Gasteiger charge is -2.28. The maximum absolute atomic E-state index is 13.1. The van der Waals surface area contributed by atoms with Crippen LogP contribution in [0.2, 0.25) is 5.02 Å². The van der Waals surface area contributed by atoms with Gasteiger partial charge < -0.3 is 10.1 Å². The highest BCUT2D eigenvalue weighted by Gasteiger charge is 2.34. The molecule has 2 N–H and O–H groups in total. The maximum atomic E-state index is 13.1. The van der Waals surface area contributed by atoms with Gasteiger partial charge in [0.15, 0.2) is 11.7 Å². The van der Waals surface area contributed by atoms with Gasteiger partial charge in [0.25, 0.3) is 17.7 Å². The molecule has 0 aliphatic carbocycles. The number of para-hydroxylation sites is 2. The van der Waals surface area contributed by atoms with E-state index in [9.17, 15) is 14.4 Å². The lowest BCUT2D eigenvalue weighted by atomic mass is 10.1. The highest BCUT2D eigenvalue weighted by Crippen LogP contribution is 2.36. The molecule has 1 aliphatic rings. The summed E-state index contributed by atoms with van der Waals surface area (Å²) in [5.74, 6) is -1.16. The summed E-state index contributed by atoms with van der Waals surface area (Å²) in [7, 11) is 0. The van der Waals surface area contributed by atoms with Crippen molar-refractivity contribution in [3.05, 3.63) is 91.8 Å². The number of benzene rings is 3. The van der Waals surface area contributed by atoms with Gasteiger partial charge in [-0.2, -0.15) is 0 Å². The Morgan fingerprint density at radius 3 is 2.36 bits per heavy atom. The molecule has 4 rings (SSSR count). The first-order valence-corrected chi connectivity index (χ1v) is 12.7. The molecule has 182 valence electrons. The molecule has 36 heavy (non-hydrogen) atoms. The van der Waals surface area contributed by atoms with Crippen LogP contribution in [-0.2, 0) is 14.4 Å². The Balaban J connectivity index is 1.52. The lowest BCUT2D eigenvalue weighted by Crippen LogP contribution is -2.54. The number of nitrogens with zero attached hydrogens (tertiary/aromatic N) is 1. The smallest absolute Gasteiger partial charge is 0.270 e. The quantitative estimate of drug-likeness (QED) is 0.203. The number of anilines is 2. The van der Waals surface area contributed by atoms with Crippen molar-refractivity contribution in [1.82, 2.24) is 5.32 Å². The van der Waals surface area contributed by atoms with E-state index in [1.165, 1.54) is 11.0 Å². The fraction of sp³-hybridized carbons (Fsp3) is 0.0400. The summed E-state index contributed by atoms with van der Waals surface area (Å²) < 4.78 is 6.69. The number of hydrogen-bond acceptors (Lipinski definition) is 5. The van der Waals surface area contributed by atoms with Crippen LogP contribution >= 0.6 is 55.7 Å². The van der Waals surface area contributed by atoms with Crippen molar-refractivity contribution in [1.29, 1.82) is 0 Å². The van der Waals surface area contributed by atoms with E-state index in [0.29, 0.717) is 36.7 Å². The average Bonchev–Trinajstić information content (AvgIpc) is 2.83. The summed E-state index contributed by atoms with van der Waals surface area (Å²) in [5.41, 5.74) is 1.48. The van der Waals surface area contributed by atoms with Crippen LogP contribution in [0.5, 0.6) is 5.75 Å². The number of thiocarbonyl (C=S) groups is 1. The molecular weight excluding hydrogens is 634 g/mol. The molecule has 0 unspecified atom stereocenters. The first-order chi connectivity index (χ1) is 17.2. The molecule has 3 amide bonds. The maximum Gasteiger partial charge on any atom is 0.270 e. The van der Waals surface area contributed by atoms with Gasteiger partial charge in [-0.1, -0.05) is 41.9 Å². The molecular formula is C25H16Br2ClN3O4S. The Kier molecular flexibility index (Phi) is 8.20. The lowest BCUT2D eigenvalue weighted by molar-refractivity contribution is -0.122. The van der Waals surface area contributed by atoms with Crippen LogP contribution < -0.4 is 20.3 Å². The van der Waals surface area contributed by atoms with Crippen molar-refractivity contribution >= 4 is 96.0 Å². The zero-order valence-corrected chi connectivity index (χ0v) is 23.0. The van der Waals surface area contributed by atoms with E-state index in [-0.39, 0.29) is 17.3 Å². The van der Waals surface area contributed by atoms with E-state index in [0.717, 1.165) is 0 Å². The molecule has 1 aliphatic heterocycles. The second kappa shape index (κ2) is 11.3. The Hall–Kier alpha value is -3.05. The fourth-order valence-electron chi connectivity index (χ4n) is 3.32. The van der Waals surface area contributed by atoms with Gasteiger partial charge >= 0.3 is 0 Å². The van der Waals surface area contributed by atoms with Gasteiger partial charge in [-0.15, -0.1) is 0 Å². The van der Waals surface area contributed by atoms with Crippen LogP contribution in [0.15, 0.2) is 81.2 Å². The third-order valence-corrected chi connectivity index (χ3v) is 6.74. The summed E-state index contributed by atoms with van der Waals surface area (Å²) in [6.45, 7) is -0.271. The van der Waals surface area contributed by atoms with Gasteiger partial charge in [0, 0.05) is 0 Å². The minimum absolute atomic E-state index is 0.00882. The SMILES string of the molecule is O=C(COc1c(Br)cc(/C=C2/C(=O)NC(=S)N(c3ccccc3)C2=O)cc1Br)Nc1ccccc1Cl. The van der Waals surface area contributed by atoms with Crippen molar-refractivity contribution in [2.45, 2.75) is 0 Å². The van der Waals surface area contributed by atoms with Crippen molar-refractivity contribution in [3.63, 3.8) is 0 Å². The molecule has 0 saturated carbocycles. The monoisotopic (exact) mass is 647 g/mol. The number of amides is 3. The summed E-state index contributed by atoms with van der Waals surface area (Å²) >= 11 is 18.1. The molecule has 1 fully saturated rings. The van der Waals surface area contributed by atoms with E-state index in [1.807, 2.05) is 6.07 Å². The molecule has 0 bridgehead atoms. The molecule has 3 aromatic rings. The van der Waals surface area contributed by atoms with Crippen molar-refractivity contribution in [3.8, 4) is 5.75 Å². The van der Waals surface area contributed by atoms with E-state index in [1.54, 1.807) is 60.7 Å². The summed E-state index contributed by atoms with van der Waals surface area (Å²) in [5, 5.41) is 5.66. The van der Waals surface area contributed by atoms with Crippen LogP contribution in [0.3, 0.4) is 0 Å². The molecule has 1 heterocycles. The van der Waals surface area contributed by atoms with Crippen molar-refractivity contribution < 1.29 is 19.1 Å². The largest absolute Gasteiger partial charge is 0.481 e. The molecule has 0 spiro atoms. The van der Waals surface area contributed by atoms with Gasteiger partial charge in [0.1, 0.15) is 11.3 Å². The number of carbonyl (C=O) groups excluding carboxylic acids is 3. The number of nitrogens with one attached hydrogen (secondary N) is 2. The summed E-state index contributed by atoms with van der Waals surface area (Å²) in [6, 6.07) is 19.0. The van der Waals surface area contributed by atoms with Crippen LogP contribution in [0.25, 0.3) is 6.08 Å². The Bertz CT molecular complexity index is 1390. The normalized spacial score (nSPS) is 14.6. The average molecular weight is 650 g/mol. The predicted molar refractivity (Wildman–Crippen MR) is 150 cm³/mol. The molecule has 11 heteroatoms. The van der Waals surface area contributed by atoms with Crippen LogP contribution in [0.1, 0.15) is 5.56 Å². The molecule has 0 aromatic heterocycles. The van der Waals surface area contributed by atoms with Crippen LogP contribution in [0, 0.1) is 0 Å². The standard InChI is InChI=1S/C25H16Br2ClN3O4S/c26-17-11-14(10-16-23(33)30-25(36)31(24(16)34)15-6-2-1-3-7-15)12-18(27)22(17)35-13-21(32)29-20-9-5-4-8-19(20)28/h1-12H,13H2,(H,29,32)(H,30,33,36)/b16-10-. The second-order valence-corrected chi connectivity index (χ2v) is 9.93. The zero-order valence-electron chi connectivity index (χ0n) is 18.3. The topological polar surface area (TPSA) is 87.7 Å². The third kappa shape index (κ3) is 5.84. The van der Waals surface area contributed by atoms with Gasteiger partial charge in [-0.25, -0.2) is 0 Å². The summed E-state index contributed by atoms with van der Waals surface area (Å²) in [6.07, 6.45) is 1.46. The van der Waals surface area contributed by atoms with Gasteiger partial charge in [0.05, 0.1) is 25.3 Å². The first-order valence-electron chi connectivity index (χ1n) is 10.4. The van der Waals surface area contributed by atoms with Gasteiger partial charge in [-0.3, -0.25) is 24.6 Å². The fourth-order valence-corrected chi connectivity index (χ4v) is 5.24. The number of halogens is 3. The third-order valence-electron chi connectivity index (χ3n) is 4.94. The van der Waals surface area contributed by atoms with Crippen LogP contribution in [-0.4, -0.2) is 29.4 Å². The summed E-state index contributed by atoms with van der Waals surface area (Å²) in [4.78, 5) is 39.3. The van der Waals surface area contributed by atoms with Gasteiger partial charge in [-0.05, 0) is 92.1 Å². The number of hydrogen-bond donors (Lipinski definition) is 2. The zero-order chi connectivity index (χ0) is 25.8. The molecule has 1 saturated heterocycles. The van der Waals surface area contributed by atoms with E-state index >= 15 is 0 Å². The second-order valence-electron chi connectivity index (χ2n) is 7.42. The Labute approximate surface area is 233 Å². The molecule has 0 atom stereocenters. The van der Waals surface area contributed by atoms with E-state index in [2.05, 4.69) is 42.5 Å². The van der Waals surface area contributed by atoms with E-state index < -0.39 is 17.7 Å². The number of ether oxygens (including phenoxy) is 1. The Morgan fingerprint density at radius 2 is 1.69 bits per heavy atom. The minimum atomic E-state index is -0.596. The highest BCUT2D eigenvalue weighted by molar-refractivity contribution is 9.11. The molecule has 7 nitrogen and oxygen atoms in total. The van der Waals surface area contributed by atoms with Gasteiger partial charge in [0.2, 0.25) is 0 Å². The highest BCUT2D eigenvalue weighted by atomic mass is 79.9. The van der Waals surface area contributed by atoms with Crippen LogP contribution in [0.4, 0.5) is 11.4 Å². The molecule has 0 radical (unpaired) electrons.